The first-order valence-corrected chi connectivity index (χ1v) is 10.2. The van der Waals surface area contributed by atoms with Crippen molar-refractivity contribution in [3.63, 3.8) is 0 Å². The Morgan fingerprint density at radius 1 is 0.958 bits per heavy atom. The summed E-state index contributed by atoms with van der Waals surface area (Å²) in [5.41, 5.74) is 1.40. The molecule has 0 fully saturated rings. The van der Waals surface area contributed by atoms with Crippen molar-refractivity contribution in [3.8, 4) is 5.75 Å². The van der Waals surface area contributed by atoms with E-state index in [2.05, 4.69) is 0 Å². The summed E-state index contributed by atoms with van der Waals surface area (Å²) in [5.74, 6) is 0.222. The predicted molar refractivity (Wildman–Crippen MR) is 93.3 cm³/mol. The Morgan fingerprint density at radius 3 is 1.46 bits per heavy atom. The molecule has 5 N–H and O–H groups in total. The molecule has 0 atom stereocenters. The van der Waals surface area contributed by atoms with Gasteiger partial charge in [-0.05, 0) is 27.5 Å². The maximum Gasteiger partial charge on any atom is 0.692 e. The maximum absolute atomic E-state index is 11.2. The van der Waals surface area contributed by atoms with Crippen LogP contribution in [0.2, 0.25) is 0 Å². The molecule has 1 rings (SSSR count). The van der Waals surface area contributed by atoms with Crippen molar-refractivity contribution in [2.75, 3.05) is 0 Å². The molecule has 0 heterocycles. The molecule has 0 aliphatic heterocycles. The Morgan fingerprint density at radius 2 is 1.25 bits per heavy atom. The summed E-state index contributed by atoms with van der Waals surface area (Å²) in [6, 6.07) is 3.40. The molecule has 0 radical (unpaired) electrons. The van der Waals surface area contributed by atoms with Crippen molar-refractivity contribution < 1.29 is 33.8 Å². The van der Waals surface area contributed by atoms with E-state index in [4.69, 9.17) is 14.4 Å². The third-order valence-electron chi connectivity index (χ3n) is 3.17. The summed E-state index contributed by atoms with van der Waals surface area (Å²) in [7, 11) is -7.00. The van der Waals surface area contributed by atoms with Gasteiger partial charge in [-0.1, -0.05) is 53.7 Å². The van der Waals surface area contributed by atoms with Crippen molar-refractivity contribution in [2.24, 2.45) is 0 Å². The van der Waals surface area contributed by atoms with E-state index in [1.807, 2.05) is 41.5 Å². The van der Waals surface area contributed by atoms with Gasteiger partial charge in [0.05, 0.1) is 6.16 Å². The highest BCUT2D eigenvalue weighted by atomic mass is 31.2. The molecule has 0 spiro atoms. The van der Waals surface area contributed by atoms with Crippen LogP contribution in [0, 0.1) is 0 Å². The van der Waals surface area contributed by atoms with Gasteiger partial charge < -0.3 is 14.9 Å². The second-order valence-electron chi connectivity index (χ2n) is 7.62. The normalized spacial score (nSPS) is 12.4. The number of hydrogen-bond donors (Lipinski definition) is 5. The van der Waals surface area contributed by atoms with Crippen molar-refractivity contribution in [2.45, 2.75) is 58.5 Å². The number of hydrogen-bond acceptors (Lipinski definition) is 3. The van der Waals surface area contributed by atoms with Gasteiger partial charge >= 0.3 is 15.9 Å². The summed E-state index contributed by atoms with van der Waals surface area (Å²) < 4.78 is 19.9. The first-order chi connectivity index (χ1) is 10.4. The molecule has 138 valence electrons. The van der Waals surface area contributed by atoms with E-state index in [0.29, 0.717) is 16.7 Å². The maximum atomic E-state index is 11.2. The van der Waals surface area contributed by atoms with E-state index in [1.165, 1.54) is 0 Å². The lowest BCUT2D eigenvalue weighted by molar-refractivity contribution is 0.371. The van der Waals surface area contributed by atoms with Crippen molar-refractivity contribution in [1.29, 1.82) is 0 Å². The number of phenols is 1. The quantitative estimate of drug-likeness (QED) is 0.496. The van der Waals surface area contributed by atoms with Crippen LogP contribution in [0.4, 0.5) is 0 Å². The molecule has 0 aliphatic carbocycles. The second-order valence-corrected chi connectivity index (χ2v) is 9.77. The predicted octanol–water partition coefficient (Wildman–Crippen LogP) is 3.29. The summed E-state index contributed by atoms with van der Waals surface area (Å²) in [6.07, 6.45) is -0.306. The molecule has 0 aliphatic rings. The molecule has 9 heteroatoms. The van der Waals surface area contributed by atoms with E-state index < -0.39 is 15.9 Å². The fraction of sp³-hybridized carbons (Fsp3) is 0.600. The summed E-state index contributed by atoms with van der Waals surface area (Å²) in [6.45, 7) is 11.8. The van der Waals surface area contributed by atoms with Crippen LogP contribution in [-0.2, 0) is 26.1 Å². The van der Waals surface area contributed by atoms with Gasteiger partial charge in [0.2, 0.25) is 0 Å². The zero-order valence-corrected chi connectivity index (χ0v) is 16.6. The number of benzene rings is 1. The van der Waals surface area contributed by atoms with E-state index in [-0.39, 0.29) is 22.7 Å². The van der Waals surface area contributed by atoms with Gasteiger partial charge in [-0.25, -0.2) is 0 Å². The summed E-state index contributed by atoms with van der Waals surface area (Å²) in [4.78, 5) is 32.6. The van der Waals surface area contributed by atoms with Gasteiger partial charge in [-0.3, -0.25) is 4.57 Å². The highest BCUT2D eigenvalue weighted by molar-refractivity contribution is 7.50. The third-order valence-corrected chi connectivity index (χ3v) is 3.95. The van der Waals surface area contributed by atoms with Crippen LogP contribution in [0.5, 0.6) is 5.75 Å². The third kappa shape index (κ3) is 8.34. The zero-order chi connectivity index (χ0) is 19.5. The Hall–Kier alpha value is -0.810. The molecule has 7 nitrogen and oxygen atoms in total. The van der Waals surface area contributed by atoms with Gasteiger partial charge in [-0.15, -0.1) is 9.79 Å². The van der Waals surface area contributed by atoms with Crippen LogP contribution in [0.25, 0.3) is 0 Å². The van der Waals surface area contributed by atoms with E-state index in [1.54, 1.807) is 12.1 Å². The largest absolute Gasteiger partial charge is 0.692 e. The highest BCUT2D eigenvalue weighted by Gasteiger charge is 2.27. The molecule has 1 aromatic carbocycles. The average molecular weight is 381 g/mol. The fourth-order valence-electron chi connectivity index (χ4n) is 2.17. The van der Waals surface area contributed by atoms with Crippen LogP contribution in [0.1, 0.15) is 58.2 Å². The van der Waals surface area contributed by atoms with Crippen LogP contribution < -0.4 is 0 Å². The molecule has 0 saturated heterocycles. The second kappa shape index (κ2) is 8.05. The van der Waals surface area contributed by atoms with Gasteiger partial charge in [-0.2, -0.15) is 0 Å². The number of aromatic hydroxyl groups is 1. The summed E-state index contributed by atoms with van der Waals surface area (Å²) in [5, 5.41) is 10.5. The van der Waals surface area contributed by atoms with Crippen LogP contribution in [0.15, 0.2) is 12.1 Å². The van der Waals surface area contributed by atoms with E-state index in [0.717, 1.165) is 0 Å². The molecule has 0 amide bonds. The van der Waals surface area contributed by atoms with E-state index >= 15 is 0 Å². The topological polar surface area (TPSA) is 135 Å². The lowest BCUT2D eigenvalue weighted by atomic mass is 9.78. The van der Waals surface area contributed by atoms with Crippen molar-refractivity contribution in [3.05, 3.63) is 28.8 Å². The minimum atomic E-state index is -4.13. The lowest BCUT2D eigenvalue weighted by Crippen LogP contribution is -2.18. The number of phenolic OH excluding ortho intramolecular Hbond substituents is 1. The van der Waals surface area contributed by atoms with E-state index in [9.17, 15) is 19.5 Å². The van der Waals surface area contributed by atoms with Gasteiger partial charge in [0.15, 0.2) is 0 Å². The monoisotopic (exact) mass is 381 g/mol. The Labute approximate surface area is 143 Å². The first-order valence-electron chi connectivity index (χ1n) is 7.21. The minimum absolute atomic E-state index is 0.222. The molecule has 0 aromatic heterocycles. The highest BCUT2D eigenvalue weighted by Crippen LogP contribution is 2.44. The first kappa shape index (κ1) is 23.2. The smallest absolute Gasteiger partial charge is 0.507 e. The molecule has 24 heavy (non-hydrogen) atoms. The van der Waals surface area contributed by atoms with Crippen LogP contribution in [-0.4, -0.2) is 24.7 Å². The lowest BCUT2D eigenvalue weighted by Gasteiger charge is -2.28. The van der Waals surface area contributed by atoms with Crippen molar-refractivity contribution in [1.82, 2.24) is 0 Å². The van der Waals surface area contributed by atoms with Gasteiger partial charge in [0.25, 0.3) is 0 Å². The Balaban J connectivity index is 0.00000118. The van der Waals surface area contributed by atoms with Gasteiger partial charge in [0, 0.05) is 4.57 Å². The van der Waals surface area contributed by atoms with Crippen LogP contribution >= 0.6 is 15.9 Å². The SMILES string of the molecule is CC(C)(C)c1cc(CP(=O)(O)O)cc(C(C)(C)C)c1O.O=[P+](O)O. The molecule has 1 aromatic rings. The van der Waals surface area contributed by atoms with Gasteiger partial charge in [0.1, 0.15) is 5.75 Å². The van der Waals surface area contributed by atoms with Crippen molar-refractivity contribution >= 4 is 15.9 Å². The van der Waals surface area contributed by atoms with Crippen LogP contribution in [0.3, 0.4) is 0 Å². The summed E-state index contributed by atoms with van der Waals surface area (Å²) >= 11 is 0. The minimum Gasteiger partial charge on any atom is -0.507 e. The zero-order valence-electron chi connectivity index (χ0n) is 14.8. The molecular formula is C15H27O7P2+. The fourth-order valence-corrected chi connectivity index (χ4v) is 2.83. The molecule has 0 unspecified atom stereocenters. The average Bonchev–Trinajstić information content (AvgIpc) is 2.25. The molecule has 0 bridgehead atoms. The molecule has 0 saturated carbocycles. The number of rotatable bonds is 2. The standard InChI is InChI=1S/C15H25O4P.HO3P/c1-14(2,3)11-7-10(9-20(17,18)19)8-12(13(11)16)15(4,5)6;1-4(2)3/h7-8,16H,9H2,1-6H3,(H2,17,18,19);(H-,1,2,3)/p+1. The Kier molecular flexibility index (Phi) is 7.77. The Bertz CT molecular complexity index is 597. The molecular weight excluding hydrogens is 354 g/mol.